The van der Waals surface area contributed by atoms with E-state index in [0.29, 0.717) is 19.6 Å². The molecule has 1 aliphatic rings. The Morgan fingerprint density at radius 1 is 1.47 bits per heavy atom. The van der Waals surface area contributed by atoms with Gasteiger partial charge in [-0.3, -0.25) is 0 Å². The molecule has 1 aliphatic heterocycles. The van der Waals surface area contributed by atoms with Crippen molar-refractivity contribution in [1.29, 1.82) is 0 Å². The van der Waals surface area contributed by atoms with Crippen LogP contribution in [0.15, 0.2) is 0 Å². The zero-order chi connectivity index (χ0) is 14.5. The second-order valence-corrected chi connectivity index (χ2v) is 7.41. The van der Waals surface area contributed by atoms with Crippen molar-refractivity contribution in [3.63, 3.8) is 0 Å². The minimum absolute atomic E-state index is 0.364. The van der Waals surface area contributed by atoms with Gasteiger partial charge in [0.05, 0.1) is 5.60 Å². The molecule has 6 nitrogen and oxygen atoms in total. The molecule has 0 bridgehead atoms. The van der Waals surface area contributed by atoms with Crippen LogP contribution in [-0.2, 0) is 14.9 Å². The van der Waals surface area contributed by atoms with Gasteiger partial charge in [0.1, 0.15) is 0 Å². The molecule has 0 aromatic heterocycles. The maximum Gasteiger partial charge on any atom is 0.281 e. The van der Waals surface area contributed by atoms with Crippen LogP contribution in [0.5, 0.6) is 0 Å². The fourth-order valence-electron chi connectivity index (χ4n) is 2.32. The maximum atomic E-state index is 12.5. The number of ether oxygens (including phenoxy) is 1. The molecule has 0 aromatic rings. The van der Waals surface area contributed by atoms with E-state index in [1.54, 1.807) is 18.5 Å². The summed E-state index contributed by atoms with van der Waals surface area (Å²) >= 11 is 0. The monoisotopic (exact) mass is 293 g/mol. The SMILES string of the molecule is CNCCCN(C)S(=O)(=O)N1CCCC(C)(OC)C1. The summed E-state index contributed by atoms with van der Waals surface area (Å²) in [5.41, 5.74) is -0.364. The molecule has 1 unspecified atom stereocenters. The standard InChI is InChI=1S/C12H27N3O3S/c1-12(18-4)7-5-10-15(11-12)19(16,17)14(3)9-6-8-13-2/h13H,5-11H2,1-4H3. The lowest BCUT2D eigenvalue weighted by atomic mass is 9.96. The molecule has 0 amide bonds. The van der Waals surface area contributed by atoms with Crippen LogP contribution < -0.4 is 5.32 Å². The maximum absolute atomic E-state index is 12.5. The molecular formula is C12H27N3O3S. The smallest absolute Gasteiger partial charge is 0.281 e. The third-order valence-electron chi connectivity index (χ3n) is 3.74. The summed E-state index contributed by atoms with van der Waals surface area (Å²) in [4.78, 5) is 0. The highest BCUT2D eigenvalue weighted by molar-refractivity contribution is 7.86. The van der Waals surface area contributed by atoms with E-state index in [9.17, 15) is 8.42 Å². The number of hydrogen-bond acceptors (Lipinski definition) is 4. The van der Waals surface area contributed by atoms with Crippen molar-refractivity contribution in [2.45, 2.75) is 31.8 Å². The number of hydrogen-bond donors (Lipinski definition) is 1. The highest BCUT2D eigenvalue weighted by Crippen LogP contribution is 2.26. The van der Waals surface area contributed by atoms with Crippen LogP contribution in [0.3, 0.4) is 0 Å². The van der Waals surface area contributed by atoms with E-state index >= 15 is 0 Å². The third kappa shape index (κ3) is 4.39. The normalized spacial score (nSPS) is 25.9. The fraction of sp³-hybridized carbons (Fsp3) is 1.00. The first-order valence-corrected chi connectivity index (χ1v) is 8.16. The number of methoxy groups -OCH3 is 1. The van der Waals surface area contributed by atoms with Crippen LogP contribution in [-0.4, -0.2) is 70.0 Å². The van der Waals surface area contributed by atoms with Crippen molar-refractivity contribution in [3.8, 4) is 0 Å². The highest BCUT2D eigenvalue weighted by atomic mass is 32.2. The zero-order valence-corrected chi connectivity index (χ0v) is 13.3. The molecule has 1 rings (SSSR count). The largest absolute Gasteiger partial charge is 0.377 e. The first-order chi connectivity index (χ1) is 8.85. The second kappa shape index (κ2) is 6.99. The second-order valence-electron chi connectivity index (χ2n) is 5.38. The minimum Gasteiger partial charge on any atom is -0.377 e. The lowest BCUT2D eigenvalue weighted by molar-refractivity contribution is -0.0328. The molecule has 1 atom stereocenters. The average Bonchev–Trinajstić information content (AvgIpc) is 2.39. The van der Waals surface area contributed by atoms with Crippen LogP contribution in [0.25, 0.3) is 0 Å². The Bertz CT molecular complexity index is 374. The van der Waals surface area contributed by atoms with E-state index in [1.807, 2.05) is 14.0 Å². The quantitative estimate of drug-likeness (QED) is 0.685. The molecular weight excluding hydrogens is 266 g/mol. The lowest BCUT2D eigenvalue weighted by Crippen LogP contribution is -2.53. The van der Waals surface area contributed by atoms with Gasteiger partial charge in [0, 0.05) is 33.8 Å². The minimum atomic E-state index is -3.36. The molecule has 0 spiro atoms. The predicted molar refractivity (Wildman–Crippen MR) is 76.3 cm³/mol. The number of nitrogens with zero attached hydrogens (tertiary/aromatic N) is 2. The van der Waals surface area contributed by atoms with Crippen LogP contribution in [0.4, 0.5) is 0 Å². The molecule has 114 valence electrons. The number of nitrogens with one attached hydrogen (secondary N) is 1. The molecule has 19 heavy (non-hydrogen) atoms. The van der Waals surface area contributed by atoms with E-state index in [-0.39, 0.29) is 5.60 Å². The van der Waals surface area contributed by atoms with Gasteiger partial charge in [0.15, 0.2) is 0 Å². The van der Waals surface area contributed by atoms with Gasteiger partial charge < -0.3 is 10.1 Å². The van der Waals surface area contributed by atoms with Gasteiger partial charge in [-0.05, 0) is 39.8 Å². The van der Waals surface area contributed by atoms with Gasteiger partial charge in [-0.2, -0.15) is 17.0 Å². The molecule has 0 saturated carbocycles. The van der Waals surface area contributed by atoms with Crippen LogP contribution in [0.2, 0.25) is 0 Å². The van der Waals surface area contributed by atoms with Gasteiger partial charge >= 0.3 is 0 Å². The van der Waals surface area contributed by atoms with Crippen molar-refractivity contribution >= 4 is 10.2 Å². The number of piperidine rings is 1. The molecule has 1 saturated heterocycles. The lowest BCUT2D eigenvalue weighted by Gasteiger charge is -2.39. The van der Waals surface area contributed by atoms with E-state index < -0.39 is 10.2 Å². The summed E-state index contributed by atoms with van der Waals surface area (Å²) in [5.74, 6) is 0. The highest BCUT2D eigenvalue weighted by Gasteiger charge is 2.37. The average molecular weight is 293 g/mol. The Labute approximate surface area is 117 Å². The molecule has 0 aliphatic carbocycles. The number of rotatable bonds is 7. The molecule has 0 aromatic carbocycles. The summed E-state index contributed by atoms with van der Waals surface area (Å²) in [6.07, 6.45) is 2.55. The predicted octanol–water partition coefficient (Wildman–Crippen LogP) is 0.273. The van der Waals surface area contributed by atoms with Crippen molar-refractivity contribution in [1.82, 2.24) is 13.9 Å². The van der Waals surface area contributed by atoms with Crippen LogP contribution in [0, 0.1) is 0 Å². The first-order valence-electron chi connectivity index (χ1n) is 6.77. The van der Waals surface area contributed by atoms with Crippen molar-refractivity contribution in [2.24, 2.45) is 0 Å². The van der Waals surface area contributed by atoms with Gasteiger partial charge in [0.25, 0.3) is 10.2 Å². The summed E-state index contributed by atoms with van der Waals surface area (Å²) < 4.78 is 33.3. The van der Waals surface area contributed by atoms with Gasteiger partial charge in [-0.1, -0.05) is 0 Å². The van der Waals surface area contributed by atoms with Crippen molar-refractivity contribution < 1.29 is 13.2 Å². The van der Waals surface area contributed by atoms with Crippen LogP contribution in [0.1, 0.15) is 26.2 Å². The van der Waals surface area contributed by atoms with E-state index in [2.05, 4.69) is 5.32 Å². The van der Waals surface area contributed by atoms with Crippen molar-refractivity contribution in [2.75, 3.05) is 47.4 Å². The Hall–Kier alpha value is -0.210. The summed E-state index contributed by atoms with van der Waals surface area (Å²) in [5, 5.41) is 3.02. The molecule has 1 N–H and O–H groups in total. The topological polar surface area (TPSA) is 61.9 Å². The van der Waals surface area contributed by atoms with E-state index in [4.69, 9.17) is 4.74 Å². The fourth-order valence-corrected chi connectivity index (χ4v) is 3.87. The Morgan fingerprint density at radius 3 is 2.74 bits per heavy atom. The summed E-state index contributed by atoms with van der Waals surface area (Å²) in [6, 6.07) is 0. The molecule has 1 heterocycles. The third-order valence-corrected chi connectivity index (χ3v) is 5.67. The Kier molecular flexibility index (Phi) is 6.19. The molecule has 1 fully saturated rings. The Balaban J connectivity index is 2.65. The van der Waals surface area contributed by atoms with Gasteiger partial charge in [-0.25, -0.2) is 0 Å². The van der Waals surface area contributed by atoms with Gasteiger partial charge in [0.2, 0.25) is 0 Å². The first kappa shape index (κ1) is 16.8. The Morgan fingerprint density at radius 2 is 2.16 bits per heavy atom. The van der Waals surface area contributed by atoms with Gasteiger partial charge in [-0.15, -0.1) is 0 Å². The van der Waals surface area contributed by atoms with Crippen LogP contribution >= 0.6 is 0 Å². The molecule has 7 heteroatoms. The zero-order valence-electron chi connectivity index (χ0n) is 12.5. The summed E-state index contributed by atoms with van der Waals surface area (Å²) in [7, 11) is 1.79. The summed E-state index contributed by atoms with van der Waals surface area (Å²) in [6.45, 7) is 4.33. The van der Waals surface area contributed by atoms with Crippen molar-refractivity contribution in [3.05, 3.63) is 0 Å². The van der Waals surface area contributed by atoms with E-state index in [1.165, 1.54) is 4.31 Å². The molecule has 0 radical (unpaired) electrons. The van der Waals surface area contributed by atoms with E-state index in [0.717, 1.165) is 25.8 Å².